The minimum atomic E-state index is -3.84. The zero-order valence-corrected chi connectivity index (χ0v) is 13.7. The third kappa shape index (κ3) is 4.21. The van der Waals surface area contributed by atoms with E-state index < -0.39 is 14.9 Å². The Morgan fingerprint density at radius 3 is 2.42 bits per heavy atom. The number of nitrogens with zero attached hydrogens (tertiary/aromatic N) is 1. The van der Waals surface area contributed by atoms with E-state index >= 15 is 0 Å². The number of hydrogen-bond acceptors (Lipinski definition) is 6. The maximum absolute atomic E-state index is 12.3. The second-order valence-electron chi connectivity index (χ2n) is 5.06. The van der Waals surface area contributed by atoms with Crippen molar-refractivity contribution in [3.05, 3.63) is 58.1 Å². The number of nitro groups is 1. The highest BCUT2D eigenvalue weighted by Crippen LogP contribution is 2.29. The molecule has 0 unspecified atom stereocenters. The standard InChI is InChI=1S/C15H17N3O5S/c1-11-2-5-13(6-3-11)24(22,23)17-12-4-7-14(16-8-9-19)15(10-12)18(20)21/h2-7,10,16-17,19H,8-9H2,1H3. The summed E-state index contributed by atoms with van der Waals surface area (Å²) >= 11 is 0. The van der Waals surface area contributed by atoms with Crippen LogP contribution in [0.25, 0.3) is 0 Å². The molecule has 0 radical (unpaired) electrons. The Balaban J connectivity index is 2.30. The summed E-state index contributed by atoms with van der Waals surface area (Å²) < 4.78 is 27.0. The number of nitro benzene ring substituents is 1. The van der Waals surface area contributed by atoms with Crippen molar-refractivity contribution in [3.63, 3.8) is 0 Å². The smallest absolute Gasteiger partial charge is 0.294 e. The topological polar surface area (TPSA) is 122 Å². The average Bonchev–Trinajstić information content (AvgIpc) is 2.53. The quantitative estimate of drug-likeness (QED) is 0.519. The van der Waals surface area contributed by atoms with Crippen molar-refractivity contribution in [2.45, 2.75) is 11.8 Å². The lowest BCUT2D eigenvalue weighted by molar-refractivity contribution is -0.383. The Kier molecular flexibility index (Phi) is 5.37. The summed E-state index contributed by atoms with van der Waals surface area (Å²) in [6.07, 6.45) is 0. The summed E-state index contributed by atoms with van der Waals surface area (Å²) in [4.78, 5) is 10.6. The first-order valence-electron chi connectivity index (χ1n) is 7.06. The fraction of sp³-hybridized carbons (Fsp3) is 0.200. The van der Waals surface area contributed by atoms with E-state index in [9.17, 15) is 18.5 Å². The Bertz CT molecular complexity index is 835. The van der Waals surface area contributed by atoms with E-state index in [0.717, 1.165) is 11.6 Å². The van der Waals surface area contributed by atoms with Gasteiger partial charge in [-0.3, -0.25) is 14.8 Å². The molecule has 24 heavy (non-hydrogen) atoms. The van der Waals surface area contributed by atoms with Gasteiger partial charge in [0.05, 0.1) is 22.1 Å². The SMILES string of the molecule is Cc1ccc(S(=O)(=O)Nc2ccc(NCCO)c([N+](=O)[O-])c2)cc1. The molecule has 0 atom stereocenters. The lowest BCUT2D eigenvalue weighted by atomic mass is 10.2. The van der Waals surface area contributed by atoms with Gasteiger partial charge in [-0.05, 0) is 31.2 Å². The van der Waals surface area contributed by atoms with Crippen LogP contribution >= 0.6 is 0 Å². The van der Waals surface area contributed by atoms with Crippen LogP contribution in [0, 0.1) is 17.0 Å². The monoisotopic (exact) mass is 351 g/mol. The van der Waals surface area contributed by atoms with Crippen LogP contribution in [-0.4, -0.2) is 31.6 Å². The molecule has 0 spiro atoms. The van der Waals surface area contributed by atoms with Crippen molar-refractivity contribution >= 4 is 27.1 Å². The molecule has 0 amide bonds. The van der Waals surface area contributed by atoms with Crippen LogP contribution < -0.4 is 10.0 Å². The molecule has 0 saturated carbocycles. The fourth-order valence-corrected chi connectivity index (χ4v) is 3.07. The highest BCUT2D eigenvalue weighted by molar-refractivity contribution is 7.92. The zero-order valence-electron chi connectivity index (χ0n) is 12.9. The number of aryl methyl sites for hydroxylation is 1. The van der Waals surface area contributed by atoms with Crippen LogP contribution in [0.4, 0.5) is 17.1 Å². The molecule has 2 aromatic carbocycles. The summed E-state index contributed by atoms with van der Waals surface area (Å²) in [6, 6.07) is 10.2. The van der Waals surface area contributed by atoms with Crippen LogP contribution in [0.1, 0.15) is 5.56 Å². The largest absolute Gasteiger partial charge is 0.395 e. The highest BCUT2D eigenvalue weighted by Gasteiger charge is 2.18. The van der Waals surface area contributed by atoms with Crippen LogP contribution in [-0.2, 0) is 10.0 Å². The molecule has 0 saturated heterocycles. The molecule has 0 aliphatic rings. The summed E-state index contributed by atoms with van der Waals surface area (Å²) in [5.74, 6) is 0. The second kappa shape index (κ2) is 7.28. The van der Waals surface area contributed by atoms with Gasteiger partial charge >= 0.3 is 0 Å². The molecule has 0 heterocycles. The van der Waals surface area contributed by atoms with Crippen LogP contribution in [0.3, 0.4) is 0 Å². The fourth-order valence-electron chi connectivity index (χ4n) is 2.02. The molecule has 8 nitrogen and oxygen atoms in total. The van der Waals surface area contributed by atoms with Crippen molar-refractivity contribution < 1.29 is 18.4 Å². The predicted octanol–water partition coefficient (Wildman–Crippen LogP) is 2.11. The number of anilines is 2. The number of aliphatic hydroxyl groups excluding tert-OH is 1. The van der Waals surface area contributed by atoms with Gasteiger partial charge < -0.3 is 10.4 Å². The first-order valence-corrected chi connectivity index (χ1v) is 8.54. The molecule has 0 aliphatic heterocycles. The Morgan fingerprint density at radius 1 is 1.17 bits per heavy atom. The lowest BCUT2D eigenvalue weighted by Gasteiger charge is -2.10. The molecule has 0 bridgehead atoms. The molecular formula is C15H17N3O5S. The third-order valence-corrected chi connectivity index (χ3v) is 4.60. The first kappa shape index (κ1) is 17.7. The van der Waals surface area contributed by atoms with E-state index in [1.54, 1.807) is 12.1 Å². The predicted molar refractivity (Wildman–Crippen MR) is 90.7 cm³/mol. The average molecular weight is 351 g/mol. The molecule has 2 aromatic rings. The molecule has 3 N–H and O–H groups in total. The number of sulfonamides is 1. The molecule has 0 fully saturated rings. The van der Waals surface area contributed by atoms with Gasteiger partial charge in [0.15, 0.2) is 0 Å². The molecular weight excluding hydrogens is 334 g/mol. The maximum Gasteiger partial charge on any atom is 0.294 e. The van der Waals surface area contributed by atoms with Crippen molar-refractivity contribution in [2.24, 2.45) is 0 Å². The summed E-state index contributed by atoms with van der Waals surface area (Å²) in [5, 5.41) is 22.6. The number of hydrogen-bond donors (Lipinski definition) is 3. The molecule has 9 heteroatoms. The highest BCUT2D eigenvalue weighted by atomic mass is 32.2. The van der Waals surface area contributed by atoms with Crippen LogP contribution in [0.2, 0.25) is 0 Å². The number of rotatable bonds is 7. The van der Waals surface area contributed by atoms with Gasteiger partial charge in [-0.15, -0.1) is 0 Å². The van der Waals surface area contributed by atoms with Gasteiger partial charge in [0, 0.05) is 12.6 Å². The van der Waals surface area contributed by atoms with Gasteiger partial charge in [-0.25, -0.2) is 8.42 Å². The first-order chi connectivity index (χ1) is 11.3. The molecule has 0 aliphatic carbocycles. The lowest BCUT2D eigenvalue weighted by Crippen LogP contribution is -2.13. The van der Waals surface area contributed by atoms with E-state index in [4.69, 9.17) is 5.11 Å². The molecule has 128 valence electrons. The molecule has 0 aromatic heterocycles. The van der Waals surface area contributed by atoms with Crippen molar-refractivity contribution in [2.75, 3.05) is 23.2 Å². The van der Waals surface area contributed by atoms with E-state index in [2.05, 4.69) is 10.0 Å². The van der Waals surface area contributed by atoms with Gasteiger partial charge in [0.2, 0.25) is 0 Å². The Labute approximate surface area is 139 Å². The van der Waals surface area contributed by atoms with Gasteiger partial charge in [-0.1, -0.05) is 17.7 Å². The summed E-state index contributed by atoms with van der Waals surface area (Å²) in [5.41, 5.74) is 0.917. The van der Waals surface area contributed by atoms with Crippen molar-refractivity contribution in [3.8, 4) is 0 Å². The van der Waals surface area contributed by atoms with Crippen LogP contribution in [0.5, 0.6) is 0 Å². The zero-order chi connectivity index (χ0) is 17.7. The van der Waals surface area contributed by atoms with E-state index in [-0.39, 0.29) is 35.1 Å². The normalized spacial score (nSPS) is 11.1. The number of aliphatic hydroxyl groups is 1. The van der Waals surface area contributed by atoms with Gasteiger partial charge in [0.1, 0.15) is 5.69 Å². The maximum atomic E-state index is 12.3. The van der Waals surface area contributed by atoms with Crippen molar-refractivity contribution in [1.82, 2.24) is 0 Å². The van der Waals surface area contributed by atoms with Gasteiger partial charge in [0.25, 0.3) is 15.7 Å². The Morgan fingerprint density at radius 2 is 1.83 bits per heavy atom. The third-order valence-electron chi connectivity index (χ3n) is 3.21. The number of nitrogens with one attached hydrogen (secondary N) is 2. The van der Waals surface area contributed by atoms with Crippen LogP contribution in [0.15, 0.2) is 47.4 Å². The Hall–Kier alpha value is -2.65. The molecule has 2 rings (SSSR count). The van der Waals surface area contributed by atoms with E-state index in [0.29, 0.717) is 0 Å². The van der Waals surface area contributed by atoms with Gasteiger partial charge in [-0.2, -0.15) is 0 Å². The minimum absolute atomic E-state index is 0.0678. The minimum Gasteiger partial charge on any atom is -0.395 e. The van der Waals surface area contributed by atoms with Crippen molar-refractivity contribution in [1.29, 1.82) is 0 Å². The summed E-state index contributed by atoms with van der Waals surface area (Å²) in [7, 11) is -3.84. The number of benzene rings is 2. The van der Waals surface area contributed by atoms with E-state index in [1.165, 1.54) is 24.3 Å². The second-order valence-corrected chi connectivity index (χ2v) is 6.74. The summed E-state index contributed by atoms with van der Waals surface area (Å²) in [6.45, 7) is 1.81. The van der Waals surface area contributed by atoms with E-state index in [1.807, 2.05) is 6.92 Å².